The molecule has 0 aliphatic heterocycles. The van der Waals surface area contributed by atoms with Crippen LogP contribution in [0.25, 0.3) is 0 Å². The van der Waals surface area contributed by atoms with Crippen LogP contribution in [-0.4, -0.2) is 17.1 Å². The maximum Gasteiger partial charge on any atom is -0.0106 e. The standard InChI is InChI=1S/C2H7N.H2O2/c1-2-3;1-2/h2-3H2,1H3;1-2H. The SMILES string of the molecule is CCN.OO. The van der Waals surface area contributed by atoms with Gasteiger partial charge in [0.2, 0.25) is 0 Å². The summed E-state index contributed by atoms with van der Waals surface area (Å²) in [6, 6.07) is 0. The van der Waals surface area contributed by atoms with Crippen LogP contribution in [0.1, 0.15) is 6.92 Å². The summed E-state index contributed by atoms with van der Waals surface area (Å²) in [5.41, 5.74) is 4.85. The van der Waals surface area contributed by atoms with E-state index in [-0.39, 0.29) is 0 Å². The molecular weight excluding hydrogens is 70.0 g/mol. The Hall–Kier alpha value is -0.120. The Morgan fingerprint density at radius 3 is 1.60 bits per heavy atom. The molecule has 3 heteroatoms. The van der Waals surface area contributed by atoms with Crippen LogP contribution >= 0.6 is 0 Å². The molecule has 0 saturated carbocycles. The van der Waals surface area contributed by atoms with Crippen molar-refractivity contribution in [1.82, 2.24) is 0 Å². The fraction of sp³-hybridized carbons (Fsp3) is 1.00. The van der Waals surface area contributed by atoms with Crippen molar-refractivity contribution in [3.05, 3.63) is 0 Å². The Labute approximate surface area is 31.0 Å². The quantitative estimate of drug-likeness (QED) is 0.282. The molecule has 0 aromatic heterocycles. The molecular formula is C2H9NO2. The molecule has 0 radical (unpaired) electrons. The third-order valence-electron chi connectivity index (χ3n) is 0. The number of hydrogen-bond acceptors (Lipinski definition) is 3. The zero-order chi connectivity index (χ0) is 4.71. The fourth-order valence-electron chi connectivity index (χ4n) is 0. The monoisotopic (exact) mass is 79.1 g/mol. The van der Waals surface area contributed by atoms with Crippen LogP contribution in [0.5, 0.6) is 0 Å². The molecule has 0 unspecified atom stereocenters. The van der Waals surface area contributed by atoms with E-state index < -0.39 is 0 Å². The predicted octanol–water partition coefficient (Wildman–Crippen LogP) is -0.0176. The molecule has 0 aromatic rings. The van der Waals surface area contributed by atoms with E-state index in [1.54, 1.807) is 0 Å². The van der Waals surface area contributed by atoms with Gasteiger partial charge in [0.1, 0.15) is 0 Å². The third-order valence-corrected chi connectivity index (χ3v) is 0. The summed E-state index contributed by atoms with van der Waals surface area (Å²) in [5, 5.41) is 12.0. The Kier molecular flexibility index (Phi) is 73.6. The van der Waals surface area contributed by atoms with Crippen LogP contribution in [0.4, 0.5) is 0 Å². The molecule has 3 nitrogen and oxygen atoms in total. The molecule has 0 aliphatic rings. The van der Waals surface area contributed by atoms with Gasteiger partial charge in [-0.3, -0.25) is 10.5 Å². The Bertz CT molecular complexity index is 7.61. The summed E-state index contributed by atoms with van der Waals surface area (Å²) in [6.45, 7) is 2.65. The Balaban J connectivity index is 0. The smallest absolute Gasteiger partial charge is 0.0106 e. The van der Waals surface area contributed by atoms with E-state index >= 15 is 0 Å². The molecule has 0 fully saturated rings. The zero-order valence-corrected chi connectivity index (χ0v) is 3.18. The second-order valence-electron chi connectivity index (χ2n) is 0.408. The molecule has 0 bridgehead atoms. The molecule has 4 N–H and O–H groups in total. The number of hydrogen-bond donors (Lipinski definition) is 3. The van der Waals surface area contributed by atoms with Crippen LogP contribution in [0, 0.1) is 0 Å². The van der Waals surface area contributed by atoms with Crippen molar-refractivity contribution in [3.8, 4) is 0 Å². The minimum absolute atomic E-state index is 0.750. The highest BCUT2D eigenvalue weighted by Gasteiger charge is 1.32. The average molecular weight is 79.1 g/mol. The van der Waals surface area contributed by atoms with Crippen molar-refractivity contribution in [1.29, 1.82) is 0 Å². The average Bonchev–Trinajstić information content (AvgIpc) is 1.46. The molecule has 0 rings (SSSR count). The summed E-state index contributed by atoms with van der Waals surface area (Å²) < 4.78 is 0. The molecule has 0 amide bonds. The maximum absolute atomic E-state index is 6.00. The first kappa shape index (κ1) is 8.86. The highest BCUT2D eigenvalue weighted by Crippen LogP contribution is 1.20. The first-order chi connectivity index (χ1) is 2.41. The first-order valence-electron chi connectivity index (χ1n) is 1.32. The highest BCUT2D eigenvalue weighted by molar-refractivity contribution is 4.00. The zero-order valence-electron chi connectivity index (χ0n) is 3.18. The van der Waals surface area contributed by atoms with E-state index in [1.165, 1.54) is 0 Å². The van der Waals surface area contributed by atoms with E-state index in [0.717, 1.165) is 6.54 Å². The van der Waals surface area contributed by atoms with Gasteiger partial charge in [0.15, 0.2) is 0 Å². The molecule has 0 spiro atoms. The van der Waals surface area contributed by atoms with Gasteiger partial charge in [-0.15, -0.1) is 0 Å². The number of nitrogens with two attached hydrogens (primary N) is 1. The fourth-order valence-corrected chi connectivity index (χ4v) is 0. The van der Waals surface area contributed by atoms with Crippen LogP contribution in [0.15, 0.2) is 0 Å². The van der Waals surface area contributed by atoms with E-state index in [1.807, 2.05) is 6.92 Å². The van der Waals surface area contributed by atoms with Crippen molar-refractivity contribution < 1.29 is 10.5 Å². The first-order valence-corrected chi connectivity index (χ1v) is 1.32. The van der Waals surface area contributed by atoms with Crippen molar-refractivity contribution in [2.75, 3.05) is 6.54 Å². The molecule has 0 aliphatic carbocycles. The van der Waals surface area contributed by atoms with Gasteiger partial charge in [-0.2, -0.15) is 0 Å². The maximum atomic E-state index is 6.00. The van der Waals surface area contributed by atoms with Gasteiger partial charge in [0, 0.05) is 0 Å². The Morgan fingerprint density at radius 1 is 1.60 bits per heavy atom. The third kappa shape index (κ3) is 952. The lowest BCUT2D eigenvalue weighted by Crippen LogP contribution is -1.87. The highest BCUT2D eigenvalue weighted by atomic mass is 17.0. The van der Waals surface area contributed by atoms with E-state index in [4.69, 9.17) is 16.2 Å². The summed E-state index contributed by atoms with van der Waals surface area (Å²) >= 11 is 0. The van der Waals surface area contributed by atoms with Crippen molar-refractivity contribution >= 4 is 0 Å². The minimum atomic E-state index is 0.750. The number of rotatable bonds is 0. The molecule has 0 aromatic carbocycles. The van der Waals surface area contributed by atoms with E-state index in [9.17, 15) is 0 Å². The normalized spacial score (nSPS) is 4.80. The van der Waals surface area contributed by atoms with Crippen LogP contribution in [0.2, 0.25) is 0 Å². The van der Waals surface area contributed by atoms with Gasteiger partial charge in [-0.1, -0.05) is 6.92 Å². The molecule has 5 heavy (non-hydrogen) atoms. The van der Waals surface area contributed by atoms with E-state index in [2.05, 4.69) is 0 Å². The van der Waals surface area contributed by atoms with Crippen LogP contribution < -0.4 is 5.73 Å². The summed E-state index contributed by atoms with van der Waals surface area (Å²) in [6.07, 6.45) is 0. The lowest BCUT2D eigenvalue weighted by Gasteiger charge is -1.53. The van der Waals surface area contributed by atoms with Gasteiger partial charge >= 0.3 is 0 Å². The minimum Gasteiger partial charge on any atom is -0.331 e. The lowest BCUT2D eigenvalue weighted by molar-refractivity contribution is -0.176. The lowest BCUT2D eigenvalue weighted by atomic mass is 10.8. The molecule has 34 valence electrons. The molecule has 0 saturated heterocycles. The van der Waals surface area contributed by atoms with Gasteiger partial charge in [0.25, 0.3) is 0 Å². The van der Waals surface area contributed by atoms with Gasteiger partial charge in [0.05, 0.1) is 0 Å². The van der Waals surface area contributed by atoms with Gasteiger partial charge < -0.3 is 5.73 Å². The largest absolute Gasteiger partial charge is 0.331 e. The summed E-state index contributed by atoms with van der Waals surface area (Å²) in [4.78, 5) is 0. The topological polar surface area (TPSA) is 66.5 Å². The summed E-state index contributed by atoms with van der Waals surface area (Å²) in [5.74, 6) is 0. The van der Waals surface area contributed by atoms with Gasteiger partial charge in [-0.05, 0) is 6.54 Å². The second kappa shape index (κ2) is 41.6. The molecule has 0 atom stereocenters. The Morgan fingerprint density at radius 2 is 1.60 bits per heavy atom. The summed E-state index contributed by atoms with van der Waals surface area (Å²) in [7, 11) is 0. The predicted molar refractivity (Wildman–Crippen MR) is 20.0 cm³/mol. The van der Waals surface area contributed by atoms with Crippen molar-refractivity contribution in [2.24, 2.45) is 5.73 Å². The van der Waals surface area contributed by atoms with Gasteiger partial charge in [-0.25, -0.2) is 0 Å². The van der Waals surface area contributed by atoms with Crippen LogP contribution in [-0.2, 0) is 0 Å². The van der Waals surface area contributed by atoms with E-state index in [0.29, 0.717) is 0 Å². The van der Waals surface area contributed by atoms with Crippen molar-refractivity contribution in [2.45, 2.75) is 6.92 Å². The van der Waals surface area contributed by atoms with Crippen LogP contribution in [0.3, 0.4) is 0 Å². The molecule has 0 heterocycles. The second-order valence-corrected chi connectivity index (χ2v) is 0.408. The van der Waals surface area contributed by atoms with Crippen molar-refractivity contribution in [3.63, 3.8) is 0 Å².